The number of ether oxygens (including phenoxy) is 2. The minimum Gasteiger partial charge on any atom is -0.480 e. The van der Waals surface area contributed by atoms with Gasteiger partial charge in [-0.15, -0.1) is 0 Å². The van der Waals surface area contributed by atoms with Gasteiger partial charge in [0.2, 0.25) is 0 Å². The molecule has 116 valence electrons. The standard InChI is InChI=1S/C15H18Cl2O4/c1-4-9(3)15(19)10-6-7-11(14(17)13(10)16)21-8-12(18)20-5-2/h6-7,15,19H,3-5,8H2,1-2H3. The highest BCUT2D eigenvalue weighted by atomic mass is 35.5. The van der Waals surface area contributed by atoms with Crippen molar-refractivity contribution in [1.82, 2.24) is 0 Å². The normalized spacial score (nSPS) is 11.9. The predicted molar refractivity (Wildman–Crippen MR) is 83.0 cm³/mol. The van der Waals surface area contributed by atoms with Crippen LogP contribution < -0.4 is 4.74 Å². The smallest absolute Gasteiger partial charge is 0.344 e. The van der Waals surface area contributed by atoms with E-state index in [9.17, 15) is 9.90 Å². The number of aliphatic hydroxyl groups is 1. The van der Waals surface area contributed by atoms with Gasteiger partial charge < -0.3 is 14.6 Å². The maximum atomic E-state index is 11.2. The number of carbonyl (C=O) groups excluding carboxylic acids is 1. The fraction of sp³-hybridized carbons (Fsp3) is 0.400. The van der Waals surface area contributed by atoms with Crippen molar-refractivity contribution in [2.45, 2.75) is 26.4 Å². The summed E-state index contributed by atoms with van der Waals surface area (Å²) in [5.41, 5.74) is 1.09. The summed E-state index contributed by atoms with van der Waals surface area (Å²) in [5.74, 6) is -0.235. The van der Waals surface area contributed by atoms with E-state index in [2.05, 4.69) is 6.58 Å². The molecule has 0 aliphatic heterocycles. The van der Waals surface area contributed by atoms with Crippen molar-refractivity contribution in [3.8, 4) is 5.75 Å². The third-order valence-electron chi connectivity index (χ3n) is 2.86. The average Bonchev–Trinajstić information content (AvgIpc) is 2.47. The molecule has 0 saturated heterocycles. The molecule has 0 heterocycles. The van der Waals surface area contributed by atoms with Crippen LogP contribution in [0.5, 0.6) is 5.75 Å². The van der Waals surface area contributed by atoms with Crippen LogP contribution in [0.15, 0.2) is 24.3 Å². The number of esters is 1. The molecule has 1 aromatic rings. The van der Waals surface area contributed by atoms with E-state index in [0.29, 0.717) is 17.6 Å². The van der Waals surface area contributed by atoms with Crippen molar-refractivity contribution in [1.29, 1.82) is 0 Å². The number of halogens is 2. The van der Waals surface area contributed by atoms with Gasteiger partial charge in [0.05, 0.1) is 11.6 Å². The summed E-state index contributed by atoms with van der Waals surface area (Å²) in [6.45, 7) is 7.39. The van der Waals surface area contributed by atoms with Crippen LogP contribution in [0.3, 0.4) is 0 Å². The number of rotatable bonds is 7. The maximum absolute atomic E-state index is 11.2. The first-order valence-electron chi connectivity index (χ1n) is 6.54. The Hall–Kier alpha value is -1.23. The molecule has 1 atom stereocenters. The Bertz CT molecular complexity index is 529. The second-order valence-corrected chi connectivity index (χ2v) is 5.04. The summed E-state index contributed by atoms with van der Waals surface area (Å²) in [5, 5.41) is 10.4. The molecule has 1 unspecified atom stereocenters. The van der Waals surface area contributed by atoms with Crippen LogP contribution in [-0.2, 0) is 9.53 Å². The van der Waals surface area contributed by atoms with Gasteiger partial charge in [-0.2, -0.15) is 0 Å². The molecule has 1 aromatic carbocycles. The molecule has 21 heavy (non-hydrogen) atoms. The largest absolute Gasteiger partial charge is 0.480 e. The lowest BCUT2D eigenvalue weighted by atomic mass is 10.0. The lowest BCUT2D eigenvalue weighted by molar-refractivity contribution is -0.145. The maximum Gasteiger partial charge on any atom is 0.344 e. The summed E-state index contributed by atoms with van der Waals surface area (Å²) in [4.78, 5) is 11.2. The third-order valence-corrected chi connectivity index (χ3v) is 3.74. The molecule has 0 fully saturated rings. The highest BCUT2D eigenvalue weighted by molar-refractivity contribution is 6.43. The number of hydrogen-bond acceptors (Lipinski definition) is 4. The Balaban J connectivity index is 2.90. The van der Waals surface area contributed by atoms with E-state index in [4.69, 9.17) is 32.7 Å². The summed E-state index contributed by atoms with van der Waals surface area (Å²) in [7, 11) is 0. The molecular weight excluding hydrogens is 315 g/mol. The van der Waals surface area contributed by atoms with E-state index < -0.39 is 12.1 Å². The zero-order valence-corrected chi connectivity index (χ0v) is 13.5. The van der Waals surface area contributed by atoms with Crippen molar-refractivity contribution in [2.75, 3.05) is 13.2 Å². The highest BCUT2D eigenvalue weighted by Crippen LogP contribution is 2.39. The van der Waals surface area contributed by atoms with Crippen LogP contribution in [0, 0.1) is 0 Å². The number of hydrogen-bond donors (Lipinski definition) is 1. The Morgan fingerprint density at radius 2 is 2.00 bits per heavy atom. The van der Waals surface area contributed by atoms with Gasteiger partial charge in [-0.3, -0.25) is 0 Å². The summed E-state index contributed by atoms with van der Waals surface area (Å²) >= 11 is 12.2. The zero-order valence-electron chi connectivity index (χ0n) is 12.0. The average molecular weight is 333 g/mol. The minimum atomic E-state index is -0.890. The quantitative estimate of drug-likeness (QED) is 0.607. The molecule has 6 heteroatoms. The Labute approximate surface area is 134 Å². The summed E-state index contributed by atoms with van der Waals surface area (Å²) in [6.07, 6.45) is -0.268. The van der Waals surface area contributed by atoms with E-state index in [1.165, 1.54) is 0 Å². The fourth-order valence-corrected chi connectivity index (χ4v) is 2.11. The topological polar surface area (TPSA) is 55.8 Å². The first kappa shape index (κ1) is 17.8. The van der Waals surface area contributed by atoms with Crippen LogP contribution in [0.2, 0.25) is 10.0 Å². The number of benzene rings is 1. The van der Waals surface area contributed by atoms with Crippen LogP contribution in [-0.4, -0.2) is 24.3 Å². The van der Waals surface area contributed by atoms with Gasteiger partial charge >= 0.3 is 5.97 Å². The lowest BCUT2D eigenvalue weighted by Crippen LogP contribution is -2.14. The molecule has 1 N–H and O–H groups in total. The first-order valence-corrected chi connectivity index (χ1v) is 7.29. The summed E-state index contributed by atoms with van der Waals surface area (Å²) < 4.78 is 10.0. The zero-order chi connectivity index (χ0) is 16.0. The number of aliphatic hydroxyl groups excluding tert-OH is 1. The van der Waals surface area contributed by atoms with Gasteiger partial charge in [0.15, 0.2) is 6.61 Å². The van der Waals surface area contributed by atoms with Crippen molar-refractivity contribution >= 4 is 29.2 Å². The van der Waals surface area contributed by atoms with Crippen molar-refractivity contribution < 1.29 is 19.4 Å². The lowest BCUT2D eigenvalue weighted by Gasteiger charge is -2.17. The van der Waals surface area contributed by atoms with E-state index in [1.54, 1.807) is 19.1 Å². The first-order chi connectivity index (χ1) is 9.92. The van der Waals surface area contributed by atoms with Gasteiger partial charge in [0.25, 0.3) is 0 Å². The Kier molecular flexibility index (Phi) is 7.02. The molecule has 1 rings (SSSR count). The van der Waals surface area contributed by atoms with Gasteiger partial charge in [-0.25, -0.2) is 4.79 Å². The molecule has 0 aromatic heterocycles. The molecule has 0 bridgehead atoms. The molecule has 4 nitrogen and oxygen atoms in total. The SMILES string of the molecule is C=C(CC)C(O)c1ccc(OCC(=O)OCC)c(Cl)c1Cl. The van der Waals surface area contributed by atoms with Gasteiger partial charge in [-0.05, 0) is 25.0 Å². The van der Waals surface area contributed by atoms with Crippen LogP contribution in [0.1, 0.15) is 31.9 Å². The van der Waals surface area contributed by atoms with Crippen LogP contribution >= 0.6 is 23.2 Å². The fourth-order valence-electron chi connectivity index (χ4n) is 1.62. The second-order valence-electron chi connectivity index (χ2n) is 4.29. The Morgan fingerprint density at radius 3 is 2.57 bits per heavy atom. The molecule has 0 aliphatic rings. The molecule has 0 aliphatic carbocycles. The van der Waals surface area contributed by atoms with Gasteiger partial charge in [0.1, 0.15) is 16.9 Å². The van der Waals surface area contributed by atoms with Crippen LogP contribution in [0.25, 0.3) is 0 Å². The molecular formula is C15H18Cl2O4. The van der Waals surface area contributed by atoms with Crippen LogP contribution in [0.4, 0.5) is 0 Å². The molecule has 0 saturated carbocycles. The van der Waals surface area contributed by atoms with E-state index in [-0.39, 0.29) is 29.0 Å². The summed E-state index contributed by atoms with van der Waals surface area (Å²) in [6, 6.07) is 3.15. The minimum absolute atomic E-state index is 0.140. The number of carbonyl (C=O) groups is 1. The third kappa shape index (κ3) is 4.63. The monoisotopic (exact) mass is 332 g/mol. The van der Waals surface area contributed by atoms with Gasteiger partial charge in [0, 0.05) is 5.56 Å². The highest BCUT2D eigenvalue weighted by Gasteiger charge is 2.19. The van der Waals surface area contributed by atoms with E-state index in [0.717, 1.165) is 0 Å². The molecule has 0 amide bonds. The van der Waals surface area contributed by atoms with Crippen molar-refractivity contribution in [2.24, 2.45) is 0 Å². The second kappa shape index (κ2) is 8.27. The van der Waals surface area contributed by atoms with E-state index >= 15 is 0 Å². The van der Waals surface area contributed by atoms with Crippen molar-refractivity contribution in [3.63, 3.8) is 0 Å². The van der Waals surface area contributed by atoms with Crippen molar-refractivity contribution in [3.05, 3.63) is 39.9 Å². The van der Waals surface area contributed by atoms with Gasteiger partial charge in [-0.1, -0.05) is 42.8 Å². The predicted octanol–water partition coefficient (Wildman–Crippen LogP) is 3.93. The Morgan fingerprint density at radius 1 is 1.33 bits per heavy atom. The van der Waals surface area contributed by atoms with E-state index in [1.807, 2.05) is 6.92 Å². The molecule has 0 radical (unpaired) electrons. The molecule has 0 spiro atoms.